The summed E-state index contributed by atoms with van der Waals surface area (Å²) in [5.74, 6) is 7.38. The van der Waals surface area contributed by atoms with Crippen molar-refractivity contribution in [3.05, 3.63) is 29.8 Å². The van der Waals surface area contributed by atoms with E-state index in [2.05, 4.69) is 25.7 Å². The Morgan fingerprint density at radius 3 is 2.50 bits per heavy atom. The molecule has 1 rings (SSSR count). The molecule has 3 heteroatoms. The van der Waals surface area contributed by atoms with Gasteiger partial charge in [-0.3, -0.25) is 0 Å². The highest BCUT2D eigenvalue weighted by molar-refractivity contribution is 5.38. The van der Waals surface area contributed by atoms with Crippen LogP contribution in [0.2, 0.25) is 0 Å². The van der Waals surface area contributed by atoms with Gasteiger partial charge >= 0.3 is 0 Å². The van der Waals surface area contributed by atoms with Gasteiger partial charge in [0.05, 0.1) is 13.2 Å². The molecule has 0 unspecified atom stereocenters. The number of nitrogens with two attached hydrogens (primary N) is 1. The van der Waals surface area contributed by atoms with E-state index in [0.29, 0.717) is 19.8 Å². The fraction of sp³-hybridized carbons (Fsp3) is 0.529. The molecule has 110 valence electrons. The number of hydrogen-bond donors (Lipinski definition) is 1. The maximum Gasteiger partial charge on any atom is 0.119 e. The van der Waals surface area contributed by atoms with Crippen LogP contribution in [0.3, 0.4) is 0 Å². The molecule has 0 saturated carbocycles. The predicted octanol–water partition coefficient (Wildman–Crippen LogP) is 2.83. The summed E-state index contributed by atoms with van der Waals surface area (Å²) in [7, 11) is 0. The first kappa shape index (κ1) is 16.6. The van der Waals surface area contributed by atoms with Gasteiger partial charge in [-0.1, -0.05) is 25.7 Å². The third-order valence-electron chi connectivity index (χ3n) is 2.76. The Kier molecular flexibility index (Phi) is 8.53. The number of ether oxygens (including phenoxy) is 2. The van der Waals surface area contributed by atoms with Gasteiger partial charge in [-0.15, -0.1) is 0 Å². The van der Waals surface area contributed by atoms with Crippen LogP contribution in [0.4, 0.5) is 0 Å². The van der Waals surface area contributed by atoms with Crippen molar-refractivity contribution in [2.75, 3.05) is 26.4 Å². The molecule has 0 fully saturated rings. The molecule has 0 radical (unpaired) electrons. The van der Waals surface area contributed by atoms with E-state index in [1.807, 2.05) is 24.3 Å². The van der Waals surface area contributed by atoms with Crippen LogP contribution in [0.15, 0.2) is 24.3 Å². The monoisotopic (exact) mass is 275 g/mol. The Hall–Kier alpha value is -1.50. The molecule has 20 heavy (non-hydrogen) atoms. The molecule has 0 amide bonds. The topological polar surface area (TPSA) is 44.5 Å². The lowest BCUT2D eigenvalue weighted by atomic mass is 10.1. The Labute approximate surface area is 122 Å². The molecule has 0 heterocycles. The summed E-state index contributed by atoms with van der Waals surface area (Å²) in [4.78, 5) is 0. The van der Waals surface area contributed by atoms with Crippen molar-refractivity contribution in [3.8, 4) is 17.6 Å². The van der Waals surface area contributed by atoms with Crippen molar-refractivity contribution in [3.63, 3.8) is 0 Å². The van der Waals surface area contributed by atoms with E-state index in [0.717, 1.165) is 30.3 Å². The van der Waals surface area contributed by atoms with Crippen LogP contribution < -0.4 is 10.5 Å². The van der Waals surface area contributed by atoms with E-state index in [-0.39, 0.29) is 0 Å². The van der Waals surface area contributed by atoms with Gasteiger partial charge in [0.1, 0.15) is 12.4 Å². The standard InChI is InChI=1S/C17H25NO2/c1-15(2)5-4-12-19-13-14-20-17-9-7-16(8-10-17)6-3-11-18/h7-10,15H,4-5,11-14,18H2,1-2H3. The Balaban J connectivity index is 2.13. The average molecular weight is 275 g/mol. The average Bonchev–Trinajstić information content (AvgIpc) is 2.45. The summed E-state index contributed by atoms with van der Waals surface area (Å²) < 4.78 is 11.1. The van der Waals surface area contributed by atoms with E-state index in [4.69, 9.17) is 15.2 Å². The molecular weight excluding hydrogens is 250 g/mol. The number of rotatable bonds is 8. The molecule has 3 nitrogen and oxygen atoms in total. The second kappa shape index (κ2) is 10.3. The minimum absolute atomic E-state index is 0.381. The molecular formula is C17H25NO2. The zero-order chi connectivity index (χ0) is 14.6. The minimum atomic E-state index is 0.381. The molecule has 1 aromatic rings. The lowest BCUT2D eigenvalue weighted by Gasteiger charge is -2.08. The van der Waals surface area contributed by atoms with Crippen molar-refractivity contribution in [2.24, 2.45) is 11.7 Å². The quantitative estimate of drug-likeness (QED) is 0.586. The highest BCUT2D eigenvalue weighted by Crippen LogP contribution is 2.11. The van der Waals surface area contributed by atoms with Gasteiger partial charge in [-0.05, 0) is 43.0 Å². The molecule has 0 aliphatic heterocycles. The van der Waals surface area contributed by atoms with E-state index in [9.17, 15) is 0 Å². The fourth-order valence-corrected chi connectivity index (χ4v) is 1.70. The fourth-order valence-electron chi connectivity index (χ4n) is 1.70. The van der Waals surface area contributed by atoms with Crippen LogP contribution in [0.1, 0.15) is 32.3 Å². The van der Waals surface area contributed by atoms with Crippen molar-refractivity contribution < 1.29 is 9.47 Å². The molecule has 0 bridgehead atoms. The van der Waals surface area contributed by atoms with Crippen LogP contribution in [0.5, 0.6) is 5.75 Å². The van der Waals surface area contributed by atoms with E-state index in [1.54, 1.807) is 0 Å². The van der Waals surface area contributed by atoms with Gasteiger partial charge in [-0.25, -0.2) is 0 Å². The zero-order valence-electron chi connectivity index (χ0n) is 12.5. The lowest BCUT2D eigenvalue weighted by Crippen LogP contribution is -2.07. The van der Waals surface area contributed by atoms with Crippen LogP contribution in [0.25, 0.3) is 0 Å². The SMILES string of the molecule is CC(C)CCCOCCOc1ccc(C#CCN)cc1. The first-order chi connectivity index (χ1) is 9.72. The normalized spacial score (nSPS) is 10.2. The highest BCUT2D eigenvalue weighted by Gasteiger charge is 1.96. The van der Waals surface area contributed by atoms with Crippen molar-refractivity contribution in [1.82, 2.24) is 0 Å². The second-order valence-corrected chi connectivity index (χ2v) is 5.03. The van der Waals surface area contributed by atoms with Crippen molar-refractivity contribution >= 4 is 0 Å². The summed E-state index contributed by atoms with van der Waals surface area (Å²) in [5, 5.41) is 0. The summed E-state index contributed by atoms with van der Waals surface area (Å²) in [6, 6.07) is 7.70. The van der Waals surface area contributed by atoms with Crippen LogP contribution in [-0.4, -0.2) is 26.4 Å². The van der Waals surface area contributed by atoms with Crippen molar-refractivity contribution in [1.29, 1.82) is 0 Å². The summed E-state index contributed by atoms with van der Waals surface area (Å²) in [6.45, 7) is 6.86. The third kappa shape index (κ3) is 7.83. The molecule has 0 saturated heterocycles. The second-order valence-electron chi connectivity index (χ2n) is 5.03. The van der Waals surface area contributed by atoms with Gasteiger partial charge in [-0.2, -0.15) is 0 Å². The van der Waals surface area contributed by atoms with Crippen LogP contribution in [0, 0.1) is 17.8 Å². The smallest absolute Gasteiger partial charge is 0.119 e. The number of hydrogen-bond acceptors (Lipinski definition) is 3. The molecule has 1 aromatic carbocycles. The van der Waals surface area contributed by atoms with Gasteiger partial charge in [0.25, 0.3) is 0 Å². The minimum Gasteiger partial charge on any atom is -0.491 e. The maximum absolute atomic E-state index is 5.60. The summed E-state index contributed by atoms with van der Waals surface area (Å²) in [5.41, 5.74) is 6.28. The third-order valence-corrected chi connectivity index (χ3v) is 2.76. The highest BCUT2D eigenvalue weighted by atomic mass is 16.5. The molecule has 0 aliphatic carbocycles. The molecule has 2 N–H and O–H groups in total. The zero-order valence-corrected chi connectivity index (χ0v) is 12.5. The molecule has 0 atom stereocenters. The largest absolute Gasteiger partial charge is 0.491 e. The van der Waals surface area contributed by atoms with Crippen molar-refractivity contribution in [2.45, 2.75) is 26.7 Å². The molecule has 0 aromatic heterocycles. The maximum atomic E-state index is 5.60. The van der Waals surface area contributed by atoms with E-state index < -0.39 is 0 Å². The Bertz CT molecular complexity index is 415. The summed E-state index contributed by atoms with van der Waals surface area (Å²) >= 11 is 0. The summed E-state index contributed by atoms with van der Waals surface area (Å²) in [6.07, 6.45) is 2.33. The molecule has 0 spiro atoms. The number of benzene rings is 1. The van der Waals surface area contributed by atoms with E-state index >= 15 is 0 Å². The Morgan fingerprint density at radius 2 is 1.85 bits per heavy atom. The van der Waals surface area contributed by atoms with Gasteiger partial charge in [0.15, 0.2) is 0 Å². The predicted molar refractivity (Wildman–Crippen MR) is 82.8 cm³/mol. The molecule has 0 aliphatic rings. The first-order valence-electron chi connectivity index (χ1n) is 7.22. The van der Waals surface area contributed by atoms with Gasteiger partial charge in [0, 0.05) is 12.2 Å². The first-order valence-corrected chi connectivity index (χ1v) is 7.22. The van der Waals surface area contributed by atoms with Gasteiger partial charge < -0.3 is 15.2 Å². The van der Waals surface area contributed by atoms with E-state index in [1.165, 1.54) is 6.42 Å². The van der Waals surface area contributed by atoms with Gasteiger partial charge in [0.2, 0.25) is 0 Å². The van der Waals surface area contributed by atoms with Crippen LogP contribution in [-0.2, 0) is 4.74 Å². The van der Waals surface area contributed by atoms with Crippen LogP contribution >= 0.6 is 0 Å². The Morgan fingerprint density at radius 1 is 1.10 bits per heavy atom. The lowest BCUT2D eigenvalue weighted by molar-refractivity contribution is 0.0957.